The Kier molecular flexibility index (Phi) is 4.86. The Morgan fingerprint density at radius 1 is 1.26 bits per heavy atom. The highest BCUT2D eigenvalue weighted by atomic mass is 79.9. The van der Waals surface area contributed by atoms with Crippen LogP contribution in [0.15, 0.2) is 46.9 Å². The number of anilines is 1. The van der Waals surface area contributed by atoms with E-state index >= 15 is 0 Å². The second-order valence-corrected chi connectivity index (χ2v) is 5.79. The highest BCUT2D eigenvalue weighted by molar-refractivity contribution is 9.10. The van der Waals surface area contributed by atoms with Crippen molar-refractivity contribution < 1.29 is 0 Å². The van der Waals surface area contributed by atoms with E-state index in [2.05, 4.69) is 40.3 Å². The molecule has 0 saturated heterocycles. The molecule has 0 radical (unpaired) electrons. The van der Waals surface area contributed by atoms with E-state index in [1.54, 1.807) is 0 Å². The fraction of sp³-hybridized carbons (Fsp3) is 0.200. The van der Waals surface area contributed by atoms with Gasteiger partial charge < -0.3 is 11.1 Å². The van der Waals surface area contributed by atoms with Crippen molar-refractivity contribution in [1.29, 1.82) is 0 Å². The van der Waals surface area contributed by atoms with Gasteiger partial charge in [-0.05, 0) is 42.3 Å². The zero-order valence-electron chi connectivity index (χ0n) is 10.7. The number of rotatable bonds is 4. The molecule has 2 nitrogen and oxygen atoms in total. The first-order valence-electron chi connectivity index (χ1n) is 6.08. The number of halogens is 2. The van der Waals surface area contributed by atoms with E-state index in [-0.39, 0.29) is 6.04 Å². The van der Waals surface area contributed by atoms with Gasteiger partial charge in [0.15, 0.2) is 0 Å². The van der Waals surface area contributed by atoms with E-state index in [4.69, 9.17) is 17.3 Å². The molecule has 100 valence electrons. The van der Waals surface area contributed by atoms with Gasteiger partial charge in [-0.2, -0.15) is 0 Å². The van der Waals surface area contributed by atoms with Crippen molar-refractivity contribution in [3.8, 4) is 0 Å². The lowest BCUT2D eigenvalue weighted by Gasteiger charge is -2.20. The predicted molar refractivity (Wildman–Crippen MR) is 85.7 cm³/mol. The molecule has 1 unspecified atom stereocenters. The van der Waals surface area contributed by atoms with E-state index in [9.17, 15) is 0 Å². The molecule has 2 aromatic rings. The molecule has 2 aromatic carbocycles. The first kappa shape index (κ1) is 14.4. The van der Waals surface area contributed by atoms with Gasteiger partial charge in [0.05, 0.1) is 6.04 Å². The van der Waals surface area contributed by atoms with Gasteiger partial charge in [0, 0.05) is 21.7 Å². The molecule has 1 atom stereocenters. The second-order valence-electron chi connectivity index (χ2n) is 4.47. The Bertz CT molecular complexity index is 552. The first-order valence-corrected chi connectivity index (χ1v) is 7.25. The lowest BCUT2D eigenvalue weighted by atomic mass is 10.1. The summed E-state index contributed by atoms with van der Waals surface area (Å²) < 4.78 is 1.05. The van der Waals surface area contributed by atoms with Crippen LogP contribution in [0, 0.1) is 6.92 Å². The van der Waals surface area contributed by atoms with Gasteiger partial charge >= 0.3 is 0 Å². The fourth-order valence-electron chi connectivity index (χ4n) is 2.04. The highest BCUT2D eigenvalue weighted by Crippen LogP contribution is 2.27. The van der Waals surface area contributed by atoms with Crippen molar-refractivity contribution in [3.05, 3.63) is 63.1 Å². The Balaban J connectivity index is 2.26. The van der Waals surface area contributed by atoms with Crippen LogP contribution in [0.4, 0.5) is 5.69 Å². The summed E-state index contributed by atoms with van der Waals surface area (Å²) in [4.78, 5) is 0. The molecule has 0 amide bonds. The lowest BCUT2D eigenvalue weighted by Crippen LogP contribution is -2.21. The molecule has 0 heterocycles. The normalized spacial score (nSPS) is 12.2. The van der Waals surface area contributed by atoms with Crippen molar-refractivity contribution >= 4 is 33.2 Å². The molecule has 0 aliphatic carbocycles. The maximum Gasteiger partial charge on any atom is 0.0650 e. The summed E-state index contributed by atoms with van der Waals surface area (Å²) >= 11 is 9.72. The van der Waals surface area contributed by atoms with Crippen LogP contribution in [0.25, 0.3) is 0 Å². The third kappa shape index (κ3) is 3.72. The smallest absolute Gasteiger partial charge is 0.0650 e. The molecule has 2 rings (SSSR count). The zero-order valence-corrected chi connectivity index (χ0v) is 13.0. The summed E-state index contributed by atoms with van der Waals surface area (Å²) in [5.41, 5.74) is 9.10. The average molecular weight is 340 g/mol. The largest absolute Gasteiger partial charge is 0.377 e. The van der Waals surface area contributed by atoms with Crippen LogP contribution < -0.4 is 11.1 Å². The summed E-state index contributed by atoms with van der Waals surface area (Å²) in [6.45, 7) is 2.54. The molecule has 0 bridgehead atoms. The minimum absolute atomic E-state index is 0.00222. The van der Waals surface area contributed by atoms with Crippen LogP contribution in [0.5, 0.6) is 0 Å². The number of aryl methyl sites for hydroxylation is 1. The Labute approximate surface area is 127 Å². The summed E-state index contributed by atoms with van der Waals surface area (Å²) in [5.74, 6) is 0. The van der Waals surface area contributed by atoms with Crippen LogP contribution >= 0.6 is 27.5 Å². The van der Waals surface area contributed by atoms with Crippen molar-refractivity contribution in [2.24, 2.45) is 5.73 Å². The zero-order chi connectivity index (χ0) is 13.8. The van der Waals surface area contributed by atoms with Gasteiger partial charge in [0.25, 0.3) is 0 Å². The minimum Gasteiger partial charge on any atom is -0.377 e. The quantitative estimate of drug-likeness (QED) is 0.859. The van der Waals surface area contributed by atoms with Crippen molar-refractivity contribution in [2.75, 3.05) is 11.9 Å². The van der Waals surface area contributed by atoms with Gasteiger partial charge in [-0.3, -0.25) is 0 Å². The molecular weight excluding hydrogens is 324 g/mol. The maximum atomic E-state index is 6.22. The van der Waals surface area contributed by atoms with Crippen LogP contribution in [0.3, 0.4) is 0 Å². The molecule has 0 spiro atoms. The van der Waals surface area contributed by atoms with Gasteiger partial charge in [0.2, 0.25) is 0 Å². The van der Waals surface area contributed by atoms with Crippen molar-refractivity contribution in [2.45, 2.75) is 13.0 Å². The molecule has 0 saturated carbocycles. The van der Waals surface area contributed by atoms with E-state index in [1.165, 1.54) is 5.56 Å². The number of nitrogens with two attached hydrogens (primary N) is 1. The number of hydrogen-bond acceptors (Lipinski definition) is 2. The maximum absolute atomic E-state index is 6.22. The van der Waals surface area contributed by atoms with Gasteiger partial charge in [-0.15, -0.1) is 0 Å². The summed E-state index contributed by atoms with van der Waals surface area (Å²) in [5, 5.41) is 4.16. The number of benzene rings is 2. The minimum atomic E-state index is 0.00222. The SMILES string of the molecule is Cc1cc(Br)cc(NC(CN)c2ccccc2Cl)c1. The van der Waals surface area contributed by atoms with Gasteiger partial charge in [-0.1, -0.05) is 45.7 Å². The number of nitrogens with one attached hydrogen (secondary N) is 1. The standard InChI is InChI=1S/C15H16BrClN2/c1-10-6-11(16)8-12(7-10)19-15(9-18)13-4-2-3-5-14(13)17/h2-8,15,19H,9,18H2,1H3. The molecule has 0 aliphatic heterocycles. The van der Waals surface area contributed by atoms with E-state index in [0.29, 0.717) is 6.54 Å². The third-order valence-electron chi connectivity index (χ3n) is 2.90. The van der Waals surface area contributed by atoms with Crippen molar-refractivity contribution in [3.63, 3.8) is 0 Å². The Hall–Kier alpha value is -1.03. The fourth-order valence-corrected chi connectivity index (χ4v) is 2.92. The molecule has 0 fully saturated rings. The molecule has 0 aliphatic rings. The van der Waals surface area contributed by atoms with Crippen molar-refractivity contribution in [1.82, 2.24) is 0 Å². The van der Waals surface area contributed by atoms with Crippen LogP contribution in [-0.2, 0) is 0 Å². The van der Waals surface area contributed by atoms with Crippen LogP contribution in [-0.4, -0.2) is 6.54 Å². The first-order chi connectivity index (χ1) is 9.10. The van der Waals surface area contributed by atoms with Gasteiger partial charge in [0.1, 0.15) is 0 Å². The molecule has 3 N–H and O–H groups in total. The molecule has 19 heavy (non-hydrogen) atoms. The summed E-state index contributed by atoms with van der Waals surface area (Å²) in [7, 11) is 0. The van der Waals surface area contributed by atoms with E-state index < -0.39 is 0 Å². The van der Waals surface area contributed by atoms with Gasteiger partial charge in [-0.25, -0.2) is 0 Å². The van der Waals surface area contributed by atoms with Crippen LogP contribution in [0.2, 0.25) is 5.02 Å². The second kappa shape index (κ2) is 6.42. The Morgan fingerprint density at radius 2 is 2.00 bits per heavy atom. The monoisotopic (exact) mass is 338 g/mol. The average Bonchev–Trinajstić information content (AvgIpc) is 2.36. The van der Waals surface area contributed by atoms with Crippen LogP contribution in [0.1, 0.15) is 17.2 Å². The lowest BCUT2D eigenvalue weighted by molar-refractivity contribution is 0.790. The topological polar surface area (TPSA) is 38.0 Å². The Morgan fingerprint density at radius 3 is 2.63 bits per heavy atom. The van der Waals surface area contributed by atoms with E-state index in [0.717, 1.165) is 20.7 Å². The van der Waals surface area contributed by atoms with E-state index in [1.807, 2.05) is 30.3 Å². The summed E-state index contributed by atoms with van der Waals surface area (Å²) in [6, 6.07) is 14.0. The number of hydrogen-bond donors (Lipinski definition) is 2. The summed E-state index contributed by atoms with van der Waals surface area (Å²) in [6.07, 6.45) is 0. The highest BCUT2D eigenvalue weighted by Gasteiger charge is 2.12. The molecule has 4 heteroatoms. The predicted octanol–water partition coefficient (Wildman–Crippen LogP) is 4.52. The molecule has 0 aromatic heterocycles. The third-order valence-corrected chi connectivity index (χ3v) is 3.70. The molecular formula is C15H16BrClN2.